The summed E-state index contributed by atoms with van der Waals surface area (Å²) >= 11 is 12.0. The van der Waals surface area contributed by atoms with Gasteiger partial charge in [0, 0.05) is 15.7 Å². The van der Waals surface area contributed by atoms with Gasteiger partial charge in [0.2, 0.25) is 11.8 Å². The first kappa shape index (κ1) is 21.2. The molecule has 2 N–H and O–H groups in total. The van der Waals surface area contributed by atoms with Gasteiger partial charge in [0.25, 0.3) is 0 Å². The number of carbonyl (C=O) groups is 2. The van der Waals surface area contributed by atoms with Crippen LogP contribution in [-0.4, -0.2) is 36.9 Å². The fraction of sp³-hybridized carbons (Fsp3) is 0.263. The third kappa shape index (κ3) is 6.82. The Kier molecular flexibility index (Phi) is 7.59. The zero-order chi connectivity index (χ0) is 20.0. The van der Waals surface area contributed by atoms with Crippen LogP contribution in [0.3, 0.4) is 0 Å². The number of anilines is 1. The highest BCUT2D eigenvalue weighted by molar-refractivity contribution is 6.35. The van der Waals surface area contributed by atoms with Crippen LogP contribution < -0.4 is 10.6 Å². The summed E-state index contributed by atoms with van der Waals surface area (Å²) in [6.07, 6.45) is 0. The van der Waals surface area contributed by atoms with E-state index in [1.807, 2.05) is 6.92 Å². The second kappa shape index (κ2) is 9.69. The van der Waals surface area contributed by atoms with Gasteiger partial charge in [-0.05, 0) is 49.9 Å². The highest BCUT2D eigenvalue weighted by Crippen LogP contribution is 2.26. The number of hydrogen-bond acceptors (Lipinski definition) is 3. The molecule has 0 bridgehead atoms. The van der Waals surface area contributed by atoms with E-state index in [9.17, 15) is 14.0 Å². The molecule has 2 rings (SSSR count). The predicted molar refractivity (Wildman–Crippen MR) is 106 cm³/mol. The maximum atomic E-state index is 13.1. The standard InChI is InChI=1S/C19H20Cl2FN3O2/c1-12(16-7-6-13(20)8-17(16)21)23-18(26)10-25(2)11-19(27)24-15-5-3-4-14(22)9-15/h3-9,12H,10-11H2,1-2H3,(H,23,26)(H,24,27). The fourth-order valence-electron chi connectivity index (χ4n) is 2.53. The van der Waals surface area contributed by atoms with Crippen molar-refractivity contribution in [2.45, 2.75) is 13.0 Å². The number of likely N-dealkylation sites (N-methyl/N-ethyl adjacent to an activating group) is 1. The Morgan fingerprint density at radius 1 is 1.11 bits per heavy atom. The van der Waals surface area contributed by atoms with Crippen LogP contribution in [0.25, 0.3) is 0 Å². The molecule has 2 amide bonds. The fourth-order valence-corrected chi connectivity index (χ4v) is 3.10. The van der Waals surface area contributed by atoms with Gasteiger partial charge in [-0.1, -0.05) is 35.3 Å². The molecule has 8 heteroatoms. The second-order valence-electron chi connectivity index (χ2n) is 6.19. The van der Waals surface area contributed by atoms with Crippen LogP contribution >= 0.6 is 23.2 Å². The van der Waals surface area contributed by atoms with Gasteiger partial charge in [-0.2, -0.15) is 0 Å². The minimum Gasteiger partial charge on any atom is -0.348 e. The molecular weight excluding hydrogens is 392 g/mol. The van der Waals surface area contributed by atoms with Gasteiger partial charge in [0.15, 0.2) is 0 Å². The van der Waals surface area contributed by atoms with Gasteiger partial charge in [-0.3, -0.25) is 14.5 Å². The Bertz CT molecular complexity index is 832. The summed E-state index contributed by atoms with van der Waals surface area (Å²) in [6, 6.07) is 10.4. The van der Waals surface area contributed by atoms with Crippen molar-refractivity contribution < 1.29 is 14.0 Å². The first-order valence-electron chi connectivity index (χ1n) is 8.23. The number of halogens is 3. The van der Waals surface area contributed by atoms with Gasteiger partial charge in [-0.25, -0.2) is 4.39 Å². The van der Waals surface area contributed by atoms with Gasteiger partial charge in [0.05, 0.1) is 19.1 Å². The summed E-state index contributed by atoms with van der Waals surface area (Å²) in [4.78, 5) is 25.8. The van der Waals surface area contributed by atoms with Crippen LogP contribution in [0, 0.1) is 5.82 Å². The average Bonchev–Trinajstić information content (AvgIpc) is 2.53. The molecule has 0 saturated carbocycles. The molecule has 1 unspecified atom stereocenters. The molecule has 2 aromatic rings. The number of carbonyl (C=O) groups excluding carboxylic acids is 2. The first-order valence-corrected chi connectivity index (χ1v) is 8.98. The molecule has 0 heterocycles. The zero-order valence-electron chi connectivity index (χ0n) is 14.9. The smallest absolute Gasteiger partial charge is 0.238 e. The molecule has 0 saturated heterocycles. The van der Waals surface area contributed by atoms with Crippen LogP contribution in [0.5, 0.6) is 0 Å². The van der Waals surface area contributed by atoms with Crippen LogP contribution in [-0.2, 0) is 9.59 Å². The number of nitrogens with one attached hydrogen (secondary N) is 2. The van der Waals surface area contributed by atoms with Crippen molar-refractivity contribution in [2.75, 3.05) is 25.5 Å². The summed E-state index contributed by atoms with van der Waals surface area (Å²) in [5.74, 6) is -1.03. The van der Waals surface area contributed by atoms with E-state index in [1.54, 1.807) is 36.2 Å². The Labute approximate surface area is 167 Å². The lowest BCUT2D eigenvalue weighted by atomic mass is 10.1. The maximum Gasteiger partial charge on any atom is 0.238 e. The highest BCUT2D eigenvalue weighted by atomic mass is 35.5. The van der Waals surface area contributed by atoms with Crippen molar-refractivity contribution in [2.24, 2.45) is 0 Å². The quantitative estimate of drug-likeness (QED) is 0.726. The molecule has 0 aliphatic rings. The SMILES string of the molecule is CC(NC(=O)CN(C)CC(=O)Nc1cccc(F)c1)c1ccc(Cl)cc1Cl. The van der Waals surface area contributed by atoms with Gasteiger partial charge in [0.1, 0.15) is 5.82 Å². The lowest BCUT2D eigenvalue weighted by Crippen LogP contribution is -2.39. The van der Waals surface area contributed by atoms with Crippen LogP contribution in [0.4, 0.5) is 10.1 Å². The van der Waals surface area contributed by atoms with Crippen molar-refractivity contribution in [1.82, 2.24) is 10.2 Å². The van der Waals surface area contributed by atoms with Gasteiger partial charge < -0.3 is 10.6 Å². The minimum atomic E-state index is -0.435. The van der Waals surface area contributed by atoms with E-state index in [0.717, 1.165) is 5.56 Å². The molecule has 0 radical (unpaired) electrons. The van der Waals surface area contributed by atoms with E-state index in [2.05, 4.69) is 10.6 Å². The van der Waals surface area contributed by atoms with E-state index in [1.165, 1.54) is 18.2 Å². The second-order valence-corrected chi connectivity index (χ2v) is 7.03. The molecule has 0 aromatic heterocycles. The van der Waals surface area contributed by atoms with Crippen LogP contribution in [0.2, 0.25) is 10.0 Å². The van der Waals surface area contributed by atoms with E-state index < -0.39 is 5.82 Å². The number of amides is 2. The number of rotatable bonds is 7. The minimum absolute atomic E-state index is 0.0139. The lowest BCUT2D eigenvalue weighted by Gasteiger charge is -2.19. The van der Waals surface area contributed by atoms with E-state index >= 15 is 0 Å². The normalized spacial score (nSPS) is 11.9. The van der Waals surface area contributed by atoms with Crippen molar-refractivity contribution in [1.29, 1.82) is 0 Å². The molecule has 2 aromatic carbocycles. The molecule has 0 aliphatic carbocycles. The molecule has 0 aliphatic heterocycles. The first-order chi connectivity index (χ1) is 12.7. The van der Waals surface area contributed by atoms with Crippen molar-refractivity contribution in [3.8, 4) is 0 Å². The highest BCUT2D eigenvalue weighted by Gasteiger charge is 2.16. The summed E-state index contributed by atoms with van der Waals surface area (Å²) in [5.41, 5.74) is 1.12. The molecule has 5 nitrogen and oxygen atoms in total. The topological polar surface area (TPSA) is 61.4 Å². The van der Waals surface area contributed by atoms with Gasteiger partial charge >= 0.3 is 0 Å². The molecule has 1 atom stereocenters. The molecule has 27 heavy (non-hydrogen) atoms. The van der Waals surface area contributed by atoms with E-state index in [4.69, 9.17) is 23.2 Å². The monoisotopic (exact) mass is 411 g/mol. The van der Waals surface area contributed by atoms with Crippen molar-refractivity contribution in [3.63, 3.8) is 0 Å². The van der Waals surface area contributed by atoms with E-state index in [-0.39, 0.29) is 30.9 Å². The lowest BCUT2D eigenvalue weighted by molar-refractivity contribution is -0.123. The zero-order valence-corrected chi connectivity index (χ0v) is 16.4. The summed E-state index contributed by atoms with van der Waals surface area (Å²) in [6.45, 7) is 1.82. The molecule has 0 spiro atoms. The third-order valence-corrected chi connectivity index (χ3v) is 4.30. The Morgan fingerprint density at radius 3 is 2.48 bits per heavy atom. The van der Waals surface area contributed by atoms with Crippen molar-refractivity contribution >= 4 is 40.7 Å². The number of hydrogen-bond donors (Lipinski definition) is 2. The largest absolute Gasteiger partial charge is 0.348 e. The van der Waals surface area contributed by atoms with Crippen molar-refractivity contribution in [3.05, 3.63) is 63.9 Å². The molecule has 144 valence electrons. The van der Waals surface area contributed by atoms with Crippen LogP contribution in [0.15, 0.2) is 42.5 Å². The Balaban J connectivity index is 1.83. The van der Waals surface area contributed by atoms with Gasteiger partial charge in [-0.15, -0.1) is 0 Å². The summed E-state index contributed by atoms with van der Waals surface area (Å²) in [5, 5.41) is 6.40. The predicted octanol–water partition coefficient (Wildman–Crippen LogP) is 3.88. The van der Waals surface area contributed by atoms with E-state index in [0.29, 0.717) is 15.7 Å². The number of benzene rings is 2. The molecular formula is C19H20Cl2FN3O2. The maximum absolute atomic E-state index is 13.1. The Hall–Kier alpha value is -2.15. The molecule has 0 fully saturated rings. The third-order valence-electron chi connectivity index (χ3n) is 3.74. The number of nitrogens with zero attached hydrogens (tertiary/aromatic N) is 1. The summed E-state index contributed by atoms with van der Waals surface area (Å²) in [7, 11) is 1.64. The summed E-state index contributed by atoms with van der Waals surface area (Å²) < 4.78 is 13.1. The average molecular weight is 412 g/mol. The van der Waals surface area contributed by atoms with Crippen LogP contribution in [0.1, 0.15) is 18.5 Å². The Morgan fingerprint density at radius 2 is 1.81 bits per heavy atom.